The van der Waals surface area contributed by atoms with Gasteiger partial charge in [-0.3, -0.25) is 4.79 Å². The van der Waals surface area contributed by atoms with Crippen molar-refractivity contribution in [3.05, 3.63) is 45.2 Å². The number of aliphatic hydroxyl groups is 1. The molecule has 0 spiro atoms. The predicted octanol–water partition coefficient (Wildman–Crippen LogP) is 4.37. The lowest BCUT2D eigenvalue weighted by atomic mass is 9.96. The first-order valence-corrected chi connectivity index (χ1v) is 11.2. The smallest absolute Gasteiger partial charge is 0.341 e. The van der Waals surface area contributed by atoms with Gasteiger partial charge in [0.25, 0.3) is 0 Å². The minimum absolute atomic E-state index is 0.278. The Balaban J connectivity index is 1.81. The van der Waals surface area contributed by atoms with Gasteiger partial charge in [0.05, 0.1) is 28.3 Å². The summed E-state index contributed by atoms with van der Waals surface area (Å²) >= 11 is 3.40. The van der Waals surface area contributed by atoms with E-state index in [1.165, 1.54) is 6.20 Å². The average Bonchev–Trinajstić information content (AvgIpc) is 3.45. The fourth-order valence-electron chi connectivity index (χ4n) is 3.96. The lowest BCUT2D eigenvalue weighted by Gasteiger charge is -2.16. The summed E-state index contributed by atoms with van der Waals surface area (Å²) in [5.74, 6) is 0.523. The zero-order chi connectivity index (χ0) is 20.3. The number of H-pyrrole nitrogens is 1. The Morgan fingerprint density at radius 1 is 1.24 bits per heavy atom. The highest BCUT2D eigenvalue weighted by Gasteiger charge is 2.32. The molecule has 1 unspecified atom stereocenters. The van der Waals surface area contributed by atoms with E-state index in [1.807, 2.05) is 12.1 Å². The van der Waals surface area contributed by atoms with Crippen molar-refractivity contribution < 1.29 is 19.7 Å². The predicted molar refractivity (Wildman–Crippen MR) is 114 cm³/mol. The number of ether oxygens (including phenoxy) is 1. The third-order valence-corrected chi connectivity index (χ3v) is 8.07. The number of benzene rings is 1. The molecule has 1 aliphatic heterocycles. The van der Waals surface area contributed by atoms with Gasteiger partial charge in [0.1, 0.15) is 5.56 Å². The molecule has 1 saturated carbocycles. The number of aliphatic hydroxyl groups excluding tert-OH is 1. The zero-order valence-electron chi connectivity index (χ0n) is 15.7. The van der Waals surface area contributed by atoms with Crippen LogP contribution in [-0.2, 0) is 0 Å². The summed E-state index contributed by atoms with van der Waals surface area (Å²) in [7, 11) is 1.56. The number of aromatic amines is 1. The first kappa shape index (κ1) is 18.7. The molecule has 2 aromatic heterocycles. The van der Waals surface area contributed by atoms with Crippen molar-refractivity contribution in [2.24, 2.45) is 0 Å². The van der Waals surface area contributed by atoms with Gasteiger partial charge in [0.2, 0.25) is 5.43 Å². The summed E-state index contributed by atoms with van der Waals surface area (Å²) in [5.41, 5.74) is 2.63. The van der Waals surface area contributed by atoms with Gasteiger partial charge in [0, 0.05) is 28.0 Å². The Kier molecular flexibility index (Phi) is 4.45. The second kappa shape index (κ2) is 6.90. The number of thioether (sulfide) groups is 1. The van der Waals surface area contributed by atoms with Gasteiger partial charge in [-0.15, -0.1) is 23.1 Å². The first-order valence-electron chi connectivity index (χ1n) is 9.44. The quantitative estimate of drug-likeness (QED) is 0.570. The van der Waals surface area contributed by atoms with E-state index in [9.17, 15) is 19.8 Å². The number of nitrogens with one attached hydrogen (secondary N) is 1. The largest absolute Gasteiger partial charge is 0.494 e. The molecule has 1 atom stereocenters. The minimum Gasteiger partial charge on any atom is -0.494 e. The number of aromatic nitrogens is 1. The topological polar surface area (TPSA) is 99.6 Å². The van der Waals surface area contributed by atoms with Crippen LogP contribution >= 0.6 is 23.1 Å². The van der Waals surface area contributed by atoms with Crippen LogP contribution < -0.4 is 10.2 Å². The number of thiophene rings is 1. The van der Waals surface area contributed by atoms with Crippen molar-refractivity contribution in [2.45, 2.75) is 35.5 Å². The second-order valence-electron chi connectivity index (χ2n) is 7.41. The van der Waals surface area contributed by atoms with E-state index in [0.29, 0.717) is 22.6 Å². The molecule has 29 heavy (non-hydrogen) atoms. The number of carboxylic acid groups (broad SMARTS) is 1. The Morgan fingerprint density at radius 3 is 2.69 bits per heavy atom. The molecule has 6 nitrogen and oxygen atoms in total. The monoisotopic (exact) mass is 429 g/mol. The van der Waals surface area contributed by atoms with Gasteiger partial charge in [-0.2, -0.15) is 0 Å². The summed E-state index contributed by atoms with van der Waals surface area (Å²) in [6, 6.07) is 3.87. The number of methoxy groups -OCH3 is 1. The van der Waals surface area contributed by atoms with Gasteiger partial charge in [-0.25, -0.2) is 4.79 Å². The van der Waals surface area contributed by atoms with Crippen molar-refractivity contribution in [1.82, 2.24) is 4.98 Å². The van der Waals surface area contributed by atoms with E-state index in [-0.39, 0.29) is 5.56 Å². The third kappa shape index (κ3) is 2.97. The molecule has 3 heterocycles. The molecule has 1 fully saturated rings. The number of hydrogen-bond donors (Lipinski definition) is 3. The molecule has 5 rings (SSSR count). The van der Waals surface area contributed by atoms with E-state index < -0.39 is 17.5 Å². The van der Waals surface area contributed by atoms with E-state index in [2.05, 4.69) is 4.98 Å². The molecule has 1 aromatic carbocycles. The Morgan fingerprint density at radius 2 is 2.03 bits per heavy atom. The number of carbonyl (C=O) groups is 1. The summed E-state index contributed by atoms with van der Waals surface area (Å²) in [6.07, 6.45) is 3.57. The van der Waals surface area contributed by atoms with E-state index in [1.54, 1.807) is 30.2 Å². The maximum atomic E-state index is 12.8. The fraction of sp³-hybridized carbons (Fsp3) is 0.333. The van der Waals surface area contributed by atoms with Gasteiger partial charge in [-0.1, -0.05) is 0 Å². The van der Waals surface area contributed by atoms with Gasteiger partial charge in [-0.05, 0) is 42.9 Å². The number of aromatic carboxylic acids is 1. The lowest BCUT2D eigenvalue weighted by molar-refractivity contribution is 0.0695. The van der Waals surface area contributed by atoms with Crippen molar-refractivity contribution in [1.29, 1.82) is 0 Å². The third-order valence-electron chi connectivity index (χ3n) is 5.57. The molecule has 8 heteroatoms. The molecular formula is C21H19NO5S2. The molecule has 0 amide bonds. The number of hydrogen-bond acceptors (Lipinski definition) is 6. The lowest BCUT2D eigenvalue weighted by Crippen LogP contribution is -2.16. The Labute approximate surface area is 174 Å². The van der Waals surface area contributed by atoms with E-state index in [4.69, 9.17) is 4.74 Å². The molecule has 0 saturated heterocycles. The zero-order valence-corrected chi connectivity index (χ0v) is 17.3. The van der Waals surface area contributed by atoms with Crippen LogP contribution in [0.15, 0.2) is 27.3 Å². The molecule has 0 radical (unpaired) electrons. The second-order valence-corrected chi connectivity index (χ2v) is 9.83. The minimum atomic E-state index is -1.25. The summed E-state index contributed by atoms with van der Waals surface area (Å²) < 4.78 is 6.89. The standard InChI is InChI=1S/C21H19NO5S2/c1-27-19-16(15-7-11-14(23)4-5-28-21(11)29-15)10(9-2-3-9)6-12-17(19)22-8-13(18(12)24)20(25)26/h6-9,14,23H,2-5H2,1H3,(H,22,24)(H,25,26). The van der Waals surface area contributed by atoms with Crippen molar-refractivity contribution >= 4 is 40.0 Å². The SMILES string of the molecule is COc1c(-c2cc3c(s2)SCCC3O)c(C2CC2)cc2c(=O)c(C(=O)O)c[nH]c12. The van der Waals surface area contributed by atoms with Crippen LogP contribution in [0, 0.1) is 0 Å². The van der Waals surface area contributed by atoms with Crippen LogP contribution in [0.25, 0.3) is 21.3 Å². The normalized spacial score (nSPS) is 18.6. The molecular weight excluding hydrogens is 410 g/mol. The summed E-state index contributed by atoms with van der Waals surface area (Å²) in [4.78, 5) is 28.2. The first-order chi connectivity index (χ1) is 14.0. The Hall–Kier alpha value is -2.29. The Bertz CT molecular complexity index is 1210. The highest BCUT2D eigenvalue weighted by atomic mass is 32.2. The van der Waals surface area contributed by atoms with Gasteiger partial charge in [0.15, 0.2) is 5.75 Å². The number of rotatable bonds is 4. The number of fused-ring (bicyclic) bond motifs is 2. The molecule has 0 bridgehead atoms. The van der Waals surface area contributed by atoms with Crippen LogP contribution in [-0.4, -0.2) is 34.0 Å². The molecule has 2 aliphatic rings. The highest BCUT2D eigenvalue weighted by molar-refractivity contribution is 8.01. The molecule has 150 valence electrons. The van der Waals surface area contributed by atoms with Crippen LogP contribution in [0.3, 0.4) is 0 Å². The summed E-state index contributed by atoms with van der Waals surface area (Å²) in [5, 5.41) is 20.0. The number of carboxylic acids is 1. The van der Waals surface area contributed by atoms with E-state index in [0.717, 1.165) is 50.8 Å². The average molecular weight is 430 g/mol. The van der Waals surface area contributed by atoms with Crippen molar-refractivity contribution in [3.8, 4) is 16.2 Å². The van der Waals surface area contributed by atoms with E-state index >= 15 is 0 Å². The van der Waals surface area contributed by atoms with Crippen molar-refractivity contribution in [2.75, 3.05) is 12.9 Å². The van der Waals surface area contributed by atoms with Crippen LogP contribution in [0.2, 0.25) is 0 Å². The van der Waals surface area contributed by atoms with Gasteiger partial charge >= 0.3 is 5.97 Å². The van der Waals surface area contributed by atoms with Gasteiger partial charge < -0.3 is 19.9 Å². The van der Waals surface area contributed by atoms with Crippen LogP contribution in [0.1, 0.15) is 52.8 Å². The van der Waals surface area contributed by atoms with Crippen molar-refractivity contribution in [3.63, 3.8) is 0 Å². The molecule has 3 N–H and O–H groups in total. The highest BCUT2D eigenvalue weighted by Crippen LogP contribution is 2.53. The van der Waals surface area contributed by atoms with Crippen LogP contribution in [0.4, 0.5) is 0 Å². The maximum absolute atomic E-state index is 12.8. The number of pyridine rings is 1. The molecule has 1 aliphatic carbocycles. The fourth-order valence-corrected chi connectivity index (χ4v) is 6.62. The van der Waals surface area contributed by atoms with Crippen LogP contribution in [0.5, 0.6) is 5.75 Å². The summed E-state index contributed by atoms with van der Waals surface area (Å²) in [6.45, 7) is 0. The maximum Gasteiger partial charge on any atom is 0.341 e. The molecule has 3 aromatic rings.